The van der Waals surface area contributed by atoms with E-state index in [1.807, 2.05) is 13.0 Å². The van der Waals surface area contributed by atoms with Gasteiger partial charge >= 0.3 is 5.97 Å². The summed E-state index contributed by atoms with van der Waals surface area (Å²) < 4.78 is 4.46. The smallest absolute Gasteiger partial charge is 0.308 e. The SMILES string of the molecule is COC(=O)CC(O)c1ncccc1C. The fourth-order valence-corrected chi connectivity index (χ4v) is 1.18. The van der Waals surface area contributed by atoms with E-state index in [2.05, 4.69) is 9.72 Å². The summed E-state index contributed by atoms with van der Waals surface area (Å²) in [6.07, 6.45) is 0.639. The van der Waals surface area contributed by atoms with Gasteiger partial charge in [0, 0.05) is 6.20 Å². The molecule has 0 radical (unpaired) electrons. The molecule has 0 aliphatic rings. The maximum atomic E-state index is 10.9. The highest BCUT2D eigenvalue weighted by atomic mass is 16.5. The van der Waals surface area contributed by atoms with Gasteiger partial charge in [0.05, 0.1) is 19.2 Å². The molecule has 1 aromatic rings. The summed E-state index contributed by atoms with van der Waals surface area (Å²) in [5, 5.41) is 9.64. The van der Waals surface area contributed by atoms with Crippen LogP contribution >= 0.6 is 0 Å². The zero-order chi connectivity index (χ0) is 10.6. The molecule has 0 aliphatic heterocycles. The molecule has 1 rings (SSSR count). The Morgan fingerprint density at radius 3 is 3.00 bits per heavy atom. The lowest BCUT2D eigenvalue weighted by Crippen LogP contribution is -2.10. The van der Waals surface area contributed by atoms with Crippen LogP contribution in [0.25, 0.3) is 0 Å². The zero-order valence-electron chi connectivity index (χ0n) is 8.23. The van der Waals surface area contributed by atoms with Crippen LogP contribution < -0.4 is 0 Å². The Bertz CT molecular complexity index is 325. The Morgan fingerprint density at radius 1 is 1.71 bits per heavy atom. The molecule has 1 N–H and O–H groups in total. The first-order chi connectivity index (χ1) is 6.65. The molecule has 0 saturated heterocycles. The van der Waals surface area contributed by atoms with E-state index in [-0.39, 0.29) is 6.42 Å². The molecule has 4 heteroatoms. The van der Waals surface area contributed by atoms with Crippen LogP contribution in [0.3, 0.4) is 0 Å². The monoisotopic (exact) mass is 195 g/mol. The Hall–Kier alpha value is -1.42. The first-order valence-electron chi connectivity index (χ1n) is 4.31. The average molecular weight is 195 g/mol. The number of aliphatic hydroxyl groups is 1. The van der Waals surface area contributed by atoms with Crippen LogP contribution in [0.15, 0.2) is 18.3 Å². The first kappa shape index (κ1) is 10.7. The second-order valence-corrected chi connectivity index (χ2v) is 3.00. The highest BCUT2D eigenvalue weighted by Crippen LogP contribution is 2.17. The molecular weight excluding hydrogens is 182 g/mol. The summed E-state index contributed by atoms with van der Waals surface area (Å²) in [6.45, 7) is 1.84. The Balaban J connectivity index is 2.74. The molecule has 0 aromatic carbocycles. The van der Waals surface area contributed by atoms with E-state index in [1.165, 1.54) is 7.11 Å². The van der Waals surface area contributed by atoms with E-state index in [0.717, 1.165) is 5.56 Å². The Kier molecular flexibility index (Phi) is 3.59. The van der Waals surface area contributed by atoms with Crippen LogP contribution in [0.2, 0.25) is 0 Å². The fourth-order valence-electron chi connectivity index (χ4n) is 1.18. The van der Waals surface area contributed by atoms with Gasteiger partial charge in [0.1, 0.15) is 6.10 Å². The molecule has 0 saturated carbocycles. The summed E-state index contributed by atoms with van der Waals surface area (Å²) in [7, 11) is 1.29. The minimum absolute atomic E-state index is 0.0612. The van der Waals surface area contributed by atoms with E-state index >= 15 is 0 Å². The second-order valence-electron chi connectivity index (χ2n) is 3.00. The molecule has 0 aliphatic carbocycles. The van der Waals surface area contributed by atoms with Crippen molar-refractivity contribution in [2.24, 2.45) is 0 Å². The van der Waals surface area contributed by atoms with Crippen LogP contribution in [-0.4, -0.2) is 23.2 Å². The van der Waals surface area contributed by atoms with Crippen LogP contribution in [0, 0.1) is 6.92 Å². The molecule has 0 amide bonds. The fraction of sp³-hybridized carbons (Fsp3) is 0.400. The molecule has 0 spiro atoms. The number of methoxy groups -OCH3 is 1. The normalized spacial score (nSPS) is 12.2. The van der Waals surface area contributed by atoms with Gasteiger partial charge in [0.25, 0.3) is 0 Å². The van der Waals surface area contributed by atoms with Gasteiger partial charge < -0.3 is 9.84 Å². The van der Waals surface area contributed by atoms with Crippen molar-refractivity contribution in [2.45, 2.75) is 19.4 Å². The van der Waals surface area contributed by atoms with Crippen molar-refractivity contribution in [3.05, 3.63) is 29.6 Å². The third-order valence-corrected chi connectivity index (χ3v) is 1.95. The molecule has 0 fully saturated rings. The van der Waals surface area contributed by atoms with E-state index < -0.39 is 12.1 Å². The number of hydrogen-bond donors (Lipinski definition) is 1. The third kappa shape index (κ3) is 2.53. The second kappa shape index (κ2) is 4.72. The van der Waals surface area contributed by atoms with Crippen LogP contribution in [0.4, 0.5) is 0 Å². The average Bonchev–Trinajstić information content (AvgIpc) is 2.18. The van der Waals surface area contributed by atoms with Gasteiger partial charge in [-0.1, -0.05) is 6.07 Å². The molecule has 76 valence electrons. The van der Waals surface area contributed by atoms with Crippen molar-refractivity contribution < 1.29 is 14.6 Å². The largest absolute Gasteiger partial charge is 0.469 e. The highest BCUT2D eigenvalue weighted by molar-refractivity contribution is 5.70. The first-order valence-corrected chi connectivity index (χ1v) is 4.31. The lowest BCUT2D eigenvalue weighted by Gasteiger charge is -2.10. The minimum atomic E-state index is -0.886. The van der Waals surface area contributed by atoms with Crippen molar-refractivity contribution in [2.75, 3.05) is 7.11 Å². The molecule has 1 heterocycles. The van der Waals surface area contributed by atoms with E-state index in [0.29, 0.717) is 5.69 Å². The van der Waals surface area contributed by atoms with Gasteiger partial charge in [-0.15, -0.1) is 0 Å². The number of pyridine rings is 1. The van der Waals surface area contributed by atoms with Crippen molar-refractivity contribution in [3.8, 4) is 0 Å². The van der Waals surface area contributed by atoms with Gasteiger partial charge in [0.2, 0.25) is 0 Å². The van der Waals surface area contributed by atoms with Crippen LogP contribution in [0.5, 0.6) is 0 Å². The number of ether oxygens (including phenoxy) is 1. The lowest BCUT2D eigenvalue weighted by atomic mass is 10.1. The lowest BCUT2D eigenvalue weighted by molar-refractivity contribution is -0.142. The van der Waals surface area contributed by atoms with E-state index in [4.69, 9.17) is 0 Å². The van der Waals surface area contributed by atoms with E-state index in [9.17, 15) is 9.90 Å². The summed E-state index contributed by atoms with van der Waals surface area (Å²) >= 11 is 0. The Morgan fingerprint density at radius 2 is 2.43 bits per heavy atom. The number of esters is 1. The maximum Gasteiger partial charge on any atom is 0.308 e. The maximum absolute atomic E-state index is 10.9. The van der Waals surface area contributed by atoms with Crippen molar-refractivity contribution in [1.29, 1.82) is 0 Å². The van der Waals surface area contributed by atoms with Crippen LogP contribution in [-0.2, 0) is 9.53 Å². The predicted octanol–water partition coefficient (Wildman–Crippen LogP) is 0.987. The number of carbonyl (C=O) groups is 1. The quantitative estimate of drug-likeness (QED) is 0.730. The molecule has 1 aromatic heterocycles. The number of aryl methyl sites for hydroxylation is 1. The van der Waals surface area contributed by atoms with Crippen molar-refractivity contribution in [1.82, 2.24) is 4.98 Å². The van der Waals surface area contributed by atoms with Gasteiger partial charge in [-0.3, -0.25) is 9.78 Å². The summed E-state index contributed by atoms with van der Waals surface area (Å²) in [5.74, 6) is -0.442. The molecule has 0 bridgehead atoms. The summed E-state index contributed by atoms with van der Waals surface area (Å²) in [4.78, 5) is 14.9. The molecular formula is C10H13NO3. The molecule has 1 atom stereocenters. The van der Waals surface area contributed by atoms with Gasteiger partial charge in [-0.2, -0.15) is 0 Å². The molecule has 1 unspecified atom stereocenters. The summed E-state index contributed by atoms with van der Waals surface area (Å²) in [6, 6.07) is 3.62. The highest BCUT2D eigenvalue weighted by Gasteiger charge is 2.15. The van der Waals surface area contributed by atoms with Crippen molar-refractivity contribution in [3.63, 3.8) is 0 Å². The van der Waals surface area contributed by atoms with Crippen LogP contribution in [0.1, 0.15) is 23.8 Å². The van der Waals surface area contributed by atoms with E-state index in [1.54, 1.807) is 12.3 Å². The third-order valence-electron chi connectivity index (χ3n) is 1.95. The predicted molar refractivity (Wildman–Crippen MR) is 50.6 cm³/mol. The van der Waals surface area contributed by atoms with Gasteiger partial charge in [-0.05, 0) is 18.6 Å². The number of aliphatic hydroxyl groups excluding tert-OH is 1. The topological polar surface area (TPSA) is 59.4 Å². The standard InChI is InChI=1S/C10H13NO3/c1-7-4-3-5-11-10(7)8(12)6-9(13)14-2/h3-5,8,12H,6H2,1-2H3. The molecule has 4 nitrogen and oxygen atoms in total. The zero-order valence-corrected chi connectivity index (χ0v) is 8.23. The number of nitrogens with zero attached hydrogens (tertiary/aromatic N) is 1. The molecule has 14 heavy (non-hydrogen) atoms. The minimum Gasteiger partial charge on any atom is -0.469 e. The Labute approximate surface area is 82.5 Å². The number of rotatable bonds is 3. The number of hydrogen-bond acceptors (Lipinski definition) is 4. The summed E-state index contributed by atoms with van der Waals surface area (Å²) in [5.41, 5.74) is 1.39. The number of carbonyl (C=O) groups excluding carboxylic acids is 1. The van der Waals surface area contributed by atoms with Gasteiger partial charge in [-0.25, -0.2) is 0 Å². The van der Waals surface area contributed by atoms with Gasteiger partial charge in [0.15, 0.2) is 0 Å². The number of aromatic nitrogens is 1. The van der Waals surface area contributed by atoms with Crippen molar-refractivity contribution >= 4 is 5.97 Å².